The van der Waals surface area contributed by atoms with Crippen LogP contribution in [0.25, 0.3) is 11.3 Å². The van der Waals surface area contributed by atoms with E-state index in [1.165, 1.54) is 17.6 Å². The highest BCUT2D eigenvalue weighted by molar-refractivity contribution is 9.11. The van der Waals surface area contributed by atoms with E-state index in [9.17, 15) is 9.59 Å². The lowest BCUT2D eigenvalue weighted by atomic mass is 10.1. The molecule has 222 valence electrons. The van der Waals surface area contributed by atoms with Gasteiger partial charge in [0.05, 0.1) is 31.6 Å². The summed E-state index contributed by atoms with van der Waals surface area (Å²) >= 11 is 20.4. The van der Waals surface area contributed by atoms with Gasteiger partial charge in [0.1, 0.15) is 5.75 Å². The van der Waals surface area contributed by atoms with E-state index >= 15 is 0 Å². The highest BCUT2D eigenvalue weighted by Gasteiger charge is 2.13. The van der Waals surface area contributed by atoms with Crippen molar-refractivity contribution < 1.29 is 14.3 Å². The average molecular weight is 774 g/mol. The Bertz CT molecular complexity index is 1810. The first-order valence-electron chi connectivity index (χ1n) is 12.8. The molecule has 0 radical (unpaired) electrons. The number of nitrogens with one attached hydrogen (secondary N) is 3. The smallest absolute Gasteiger partial charge is 0.271 e. The highest BCUT2D eigenvalue weighted by Crippen LogP contribution is 2.34. The Labute approximate surface area is 283 Å². The number of aromatic nitrogens is 1. The first-order valence-corrected chi connectivity index (χ1v) is 16.1. The maximum Gasteiger partial charge on any atom is 0.271 e. The number of carbonyl (C=O) groups excluding carboxylic acids is 2. The SMILES string of the molecule is O=C(COc1c(Br)cc(/C=N\NC(=O)c2ccc(-c3csc(Nc4ccc(Cl)cc4)n3)cc2)cc1Br)Nc1ccccc1Cl. The Morgan fingerprint density at radius 1 is 0.955 bits per heavy atom. The van der Waals surface area contributed by atoms with Crippen molar-refractivity contribution in [2.75, 3.05) is 17.2 Å². The summed E-state index contributed by atoms with van der Waals surface area (Å²) in [5.74, 6) is -0.284. The predicted molar refractivity (Wildman–Crippen MR) is 185 cm³/mol. The van der Waals surface area contributed by atoms with Crippen LogP contribution in [0.2, 0.25) is 10.0 Å². The van der Waals surface area contributed by atoms with Crippen LogP contribution < -0.4 is 20.8 Å². The molecule has 5 aromatic rings. The van der Waals surface area contributed by atoms with Gasteiger partial charge in [-0.2, -0.15) is 5.10 Å². The van der Waals surface area contributed by atoms with Crippen molar-refractivity contribution in [2.45, 2.75) is 0 Å². The van der Waals surface area contributed by atoms with Gasteiger partial charge in [-0.1, -0.05) is 47.5 Å². The molecular formula is C31H21Br2Cl2N5O3S. The van der Waals surface area contributed by atoms with Gasteiger partial charge < -0.3 is 15.4 Å². The van der Waals surface area contributed by atoms with Gasteiger partial charge in [0, 0.05) is 27.2 Å². The number of hydrazone groups is 1. The van der Waals surface area contributed by atoms with Gasteiger partial charge in [-0.25, -0.2) is 10.4 Å². The third kappa shape index (κ3) is 8.46. The molecule has 0 saturated heterocycles. The zero-order valence-electron chi connectivity index (χ0n) is 22.5. The van der Waals surface area contributed by atoms with E-state index in [0.29, 0.717) is 41.6 Å². The number of rotatable bonds is 10. The topological polar surface area (TPSA) is 105 Å². The van der Waals surface area contributed by atoms with Crippen LogP contribution in [0.15, 0.2) is 104 Å². The minimum absolute atomic E-state index is 0.228. The first kappa shape index (κ1) is 31.7. The molecule has 8 nitrogen and oxygen atoms in total. The molecule has 3 N–H and O–H groups in total. The van der Waals surface area contributed by atoms with E-state index in [1.54, 1.807) is 48.5 Å². The van der Waals surface area contributed by atoms with Gasteiger partial charge in [-0.05, 0) is 98.1 Å². The number of halogens is 4. The number of amides is 2. The zero-order valence-corrected chi connectivity index (χ0v) is 28.0. The third-order valence-corrected chi connectivity index (χ3v) is 8.46. The van der Waals surface area contributed by atoms with Crippen molar-refractivity contribution in [3.05, 3.63) is 120 Å². The molecule has 2 amide bonds. The maximum atomic E-state index is 12.7. The number of ether oxygens (including phenoxy) is 1. The molecule has 5 rings (SSSR count). The lowest BCUT2D eigenvalue weighted by Crippen LogP contribution is -2.20. The average Bonchev–Trinajstić information content (AvgIpc) is 3.47. The second-order valence-electron chi connectivity index (χ2n) is 9.08. The van der Waals surface area contributed by atoms with Gasteiger partial charge in [0.2, 0.25) is 0 Å². The van der Waals surface area contributed by atoms with E-state index in [4.69, 9.17) is 27.9 Å². The number of hydrogen-bond acceptors (Lipinski definition) is 7. The summed E-state index contributed by atoms with van der Waals surface area (Å²) in [5, 5.41) is 13.8. The quantitative estimate of drug-likeness (QED) is 0.0971. The van der Waals surface area contributed by atoms with Gasteiger partial charge in [0.15, 0.2) is 11.7 Å². The van der Waals surface area contributed by atoms with Crippen LogP contribution >= 0.6 is 66.4 Å². The van der Waals surface area contributed by atoms with Crippen LogP contribution in [0.1, 0.15) is 15.9 Å². The molecule has 0 unspecified atom stereocenters. The summed E-state index contributed by atoms with van der Waals surface area (Å²) < 4.78 is 6.88. The summed E-state index contributed by atoms with van der Waals surface area (Å²) in [4.78, 5) is 29.6. The lowest BCUT2D eigenvalue weighted by Gasteiger charge is -2.12. The molecule has 0 fully saturated rings. The van der Waals surface area contributed by atoms with Gasteiger partial charge >= 0.3 is 0 Å². The van der Waals surface area contributed by atoms with Crippen LogP contribution in [0.5, 0.6) is 5.75 Å². The standard InChI is InChI=1S/C31H21Br2Cl2N5O3S/c32-23-13-18(14-24(33)29(23)43-16-28(41)38-26-4-2-1-3-25(26)35)15-36-40-30(42)20-7-5-19(6-8-20)27-17-44-31(39-27)37-22-11-9-21(34)10-12-22/h1-15,17H,16H2,(H,37,39)(H,38,41)(H,40,42)/b36-15-. The Hall–Kier alpha value is -3.74. The van der Waals surface area contributed by atoms with Crippen LogP contribution in [-0.4, -0.2) is 29.6 Å². The molecule has 13 heteroatoms. The molecule has 0 aliphatic rings. The summed E-state index contributed by atoms with van der Waals surface area (Å²) in [6.45, 7) is -0.228. The number of thiazole rings is 1. The van der Waals surface area contributed by atoms with Crippen LogP contribution in [0, 0.1) is 0 Å². The molecule has 0 spiro atoms. The molecule has 1 aromatic heterocycles. The van der Waals surface area contributed by atoms with Gasteiger partial charge in [-0.3, -0.25) is 9.59 Å². The van der Waals surface area contributed by atoms with Crippen molar-refractivity contribution in [2.24, 2.45) is 5.10 Å². The highest BCUT2D eigenvalue weighted by atomic mass is 79.9. The normalized spacial score (nSPS) is 10.9. The molecule has 4 aromatic carbocycles. The van der Waals surface area contributed by atoms with Gasteiger partial charge in [-0.15, -0.1) is 11.3 Å². The van der Waals surface area contributed by atoms with Crippen molar-refractivity contribution >= 4 is 101 Å². The fraction of sp³-hybridized carbons (Fsp3) is 0.0323. The molecule has 0 bridgehead atoms. The van der Waals surface area contributed by atoms with E-state index in [-0.39, 0.29) is 18.4 Å². The minimum atomic E-state index is -0.362. The number of benzene rings is 4. The molecular weight excluding hydrogens is 753 g/mol. The van der Waals surface area contributed by atoms with Crippen LogP contribution in [0.3, 0.4) is 0 Å². The summed E-state index contributed by atoms with van der Waals surface area (Å²) in [7, 11) is 0. The molecule has 0 aliphatic carbocycles. The van der Waals surface area contributed by atoms with Crippen LogP contribution in [0.4, 0.5) is 16.5 Å². The Morgan fingerprint density at radius 3 is 2.36 bits per heavy atom. The molecule has 44 heavy (non-hydrogen) atoms. The number of carbonyl (C=O) groups is 2. The fourth-order valence-electron chi connectivity index (χ4n) is 3.82. The van der Waals surface area contributed by atoms with E-state index in [0.717, 1.165) is 22.1 Å². The molecule has 0 saturated carbocycles. The lowest BCUT2D eigenvalue weighted by molar-refractivity contribution is -0.118. The number of hydrogen-bond donors (Lipinski definition) is 3. The molecule has 1 heterocycles. The monoisotopic (exact) mass is 771 g/mol. The maximum absolute atomic E-state index is 12.7. The molecule has 0 aliphatic heterocycles. The van der Waals surface area contributed by atoms with Gasteiger partial charge in [0.25, 0.3) is 11.8 Å². The Kier molecular flexibility index (Phi) is 10.7. The largest absolute Gasteiger partial charge is 0.481 e. The third-order valence-electron chi connectivity index (χ3n) is 5.94. The summed E-state index contributed by atoms with van der Waals surface area (Å²) in [5.41, 5.74) is 6.72. The fourth-order valence-corrected chi connectivity index (χ4v) is 6.32. The number of para-hydroxylation sites is 1. The minimum Gasteiger partial charge on any atom is -0.481 e. The van der Waals surface area contributed by atoms with E-state index in [2.05, 4.69) is 58.0 Å². The van der Waals surface area contributed by atoms with Crippen molar-refractivity contribution in [1.29, 1.82) is 0 Å². The second-order valence-corrected chi connectivity index (χ2v) is 12.5. The number of nitrogens with zero attached hydrogens (tertiary/aromatic N) is 2. The van der Waals surface area contributed by atoms with Crippen molar-refractivity contribution in [1.82, 2.24) is 10.4 Å². The van der Waals surface area contributed by atoms with E-state index < -0.39 is 0 Å². The Balaban J connectivity index is 1.14. The summed E-state index contributed by atoms with van der Waals surface area (Å²) in [6.07, 6.45) is 1.50. The van der Waals surface area contributed by atoms with Crippen molar-refractivity contribution in [3.63, 3.8) is 0 Å². The molecule has 0 atom stereocenters. The summed E-state index contributed by atoms with van der Waals surface area (Å²) in [6, 6.07) is 24.9. The first-order chi connectivity index (χ1) is 21.2. The zero-order chi connectivity index (χ0) is 31.1. The van der Waals surface area contributed by atoms with Crippen molar-refractivity contribution in [3.8, 4) is 17.0 Å². The van der Waals surface area contributed by atoms with Crippen LogP contribution in [-0.2, 0) is 4.79 Å². The predicted octanol–water partition coefficient (Wildman–Crippen LogP) is 9.17. The Morgan fingerprint density at radius 2 is 1.66 bits per heavy atom. The van der Waals surface area contributed by atoms with E-state index in [1.807, 2.05) is 41.8 Å². The second kappa shape index (κ2) is 14.8. The number of anilines is 3.